The van der Waals surface area contributed by atoms with E-state index in [-0.39, 0.29) is 0 Å². The fourth-order valence-electron chi connectivity index (χ4n) is 6.74. The van der Waals surface area contributed by atoms with Gasteiger partial charge in [0.2, 0.25) is 0 Å². The highest BCUT2D eigenvalue weighted by atomic mass is 79.9. The van der Waals surface area contributed by atoms with E-state index in [9.17, 15) is 0 Å². The maximum atomic E-state index is 3.56. The number of halogens is 1. The minimum atomic E-state index is 1.08. The summed E-state index contributed by atoms with van der Waals surface area (Å²) in [6, 6.07) is 59.1. The van der Waals surface area contributed by atoms with Crippen LogP contribution in [0, 0.1) is 0 Å². The van der Waals surface area contributed by atoms with Crippen molar-refractivity contribution in [2.24, 2.45) is 0 Å². The van der Waals surface area contributed by atoms with E-state index in [1.54, 1.807) is 0 Å². The second kappa shape index (κ2) is 11.0. The molecule has 2 aromatic heterocycles. The van der Waals surface area contributed by atoms with E-state index in [1.807, 2.05) is 11.3 Å². The van der Waals surface area contributed by atoms with Gasteiger partial charge in [-0.05, 0) is 90.0 Å². The quantitative estimate of drug-likeness (QED) is 0.177. The standard InChI is InChI=1S/C42H27BrN2S/c43-30-19-15-28(16-20-30)29-17-21-33(22-18-29)44(31-9-3-1-4-10-31)34-23-25-38-37(27-34)41-39(45(38)32-11-5-2-6-12-32)26-24-36-35-13-7-8-14-40(35)46-42(36)41/h1-27H. The lowest BCUT2D eigenvalue weighted by Gasteiger charge is -2.26. The smallest absolute Gasteiger partial charge is 0.0555 e. The van der Waals surface area contributed by atoms with E-state index >= 15 is 0 Å². The topological polar surface area (TPSA) is 8.17 Å². The number of para-hydroxylation sites is 2. The number of fused-ring (bicyclic) bond motifs is 7. The van der Waals surface area contributed by atoms with E-state index in [2.05, 4.69) is 189 Å². The summed E-state index contributed by atoms with van der Waals surface area (Å²) in [5, 5.41) is 5.19. The number of anilines is 3. The van der Waals surface area contributed by atoms with Gasteiger partial charge in [-0.2, -0.15) is 0 Å². The summed E-state index contributed by atoms with van der Waals surface area (Å²) in [5.41, 5.74) is 9.35. The lowest BCUT2D eigenvalue weighted by Crippen LogP contribution is -2.09. The van der Waals surface area contributed by atoms with Crippen molar-refractivity contribution in [1.29, 1.82) is 0 Å². The molecule has 0 aliphatic heterocycles. The van der Waals surface area contributed by atoms with E-state index in [4.69, 9.17) is 0 Å². The van der Waals surface area contributed by atoms with Crippen LogP contribution < -0.4 is 4.90 Å². The van der Waals surface area contributed by atoms with Gasteiger partial charge in [0.25, 0.3) is 0 Å². The molecule has 0 spiro atoms. The number of nitrogens with zero attached hydrogens (tertiary/aromatic N) is 2. The van der Waals surface area contributed by atoms with Crippen molar-refractivity contribution < 1.29 is 0 Å². The molecule has 0 amide bonds. The second-order valence-corrected chi connectivity index (χ2v) is 13.5. The zero-order valence-electron chi connectivity index (χ0n) is 24.8. The molecule has 2 heterocycles. The highest BCUT2D eigenvalue weighted by molar-refractivity contribution is 9.10. The number of benzene rings is 7. The van der Waals surface area contributed by atoms with Crippen molar-refractivity contribution in [3.63, 3.8) is 0 Å². The number of aromatic nitrogens is 1. The lowest BCUT2D eigenvalue weighted by atomic mass is 10.0. The summed E-state index contributed by atoms with van der Waals surface area (Å²) in [6.45, 7) is 0. The van der Waals surface area contributed by atoms with Crippen LogP contribution in [0.2, 0.25) is 0 Å². The Morgan fingerprint density at radius 2 is 1.09 bits per heavy atom. The number of rotatable bonds is 5. The summed E-state index contributed by atoms with van der Waals surface area (Å²) in [4.78, 5) is 2.36. The van der Waals surface area contributed by atoms with Crippen molar-refractivity contribution >= 4 is 86.3 Å². The molecule has 0 fully saturated rings. The Balaban J connectivity index is 1.29. The van der Waals surface area contributed by atoms with Gasteiger partial charge in [0.05, 0.1) is 11.0 Å². The van der Waals surface area contributed by atoms with Gasteiger partial charge >= 0.3 is 0 Å². The molecular weight excluding hydrogens is 644 g/mol. The largest absolute Gasteiger partial charge is 0.310 e. The molecule has 0 aliphatic carbocycles. The van der Waals surface area contributed by atoms with E-state index in [0.717, 1.165) is 21.5 Å². The van der Waals surface area contributed by atoms with Crippen LogP contribution >= 0.6 is 27.3 Å². The average Bonchev–Trinajstić information content (AvgIpc) is 3.65. The highest BCUT2D eigenvalue weighted by Crippen LogP contribution is 2.45. The van der Waals surface area contributed by atoms with Crippen LogP contribution in [0.15, 0.2) is 168 Å². The number of hydrogen-bond acceptors (Lipinski definition) is 2. The maximum Gasteiger partial charge on any atom is 0.0555 e. The molecule has 0 atom stereocenters. The van der Waals surface area contributed by atoms with Gasteiger partial charge in [0.15, 0.2) is 0 Å². The van der Waals surface area contributed by atoms with Crippen LogP contribution in [0.3, 0.4) is 0 Å². The van der Waals surface area contributed by atoms with Gasteiger partial charge in [0, 0.05) is 58.2 Å². The Labute approximate surface area is 279 Å². The van der Waals surface area contributed by atoms with E-state index in [1.165, 1.54) is 58.8 Å². The van der Waals surface area contributed by atoms with Crippen LogP contribution in [-0.2, 0) is 0 Å². The molecule has 0 bridgehead atoms. The van der Waals surface area contributed by atoms with Gasteiger partial charge in [-0.25, -0.2) is 0 Å². The Morgan fingerprint density at radius 3 is 1.85 bits per heavy atom. The van der Waals surface area contributed by atoms with Crippen molar-refractivity contribution in [1.82, 2.24) is 4.57 Å². The van der Waals surface area contributed by atoms with Crippen LogP contribution in [0.5, 0.6) is 0 Å². The maximum absolute atomic E-state index is 3.56. The lowest BCUT2D eigenvalue weighted by molar-refractivity contribution is 1.18. The van der Waals surface area contributed by atoms with Gasteiger partial charge in [0.1, 0.15) is 0 Å². The predicted molar refractivity (Wildman–Crippen MR) is 201 cm³/mol. The third-order valence-electron chi connectivity index (χ3n) is 8.85. The Bertz CT molecular complexity index is 2510. The van der Waals surface area contributed by atoms with Gasteiger partial charge in [-0.15, -0.1) is 11.3 Å². The predicted octanol–water partition coefficient (Wildman–Crippen LogP) is 13.1. The molecular formula is C42H27BrN2S. The highest BCUT2D eigenvalue weighted by Gasteiger charge is 2.20. The molecule has 7 aromatic carbocycles. The molecule has 9 aromatic rings. The molecule has 0 saturated heterocycles. The minimum absolute atomic E-state index is 1.08. The fraction of sp³-hybridized carbons (Fsp3) is 0. The summed E-state index contributed by atoms with van der Waals surface area (Å²) in [5.74, 6) is 0. The first-order chi connectivity index (χ1) is 22.7. The molecule has 0 saturated carbocycles. The first-order valence-electron chi connectivity index (χ1n) is 15.4. The fourth-order valence-corrected chi connectivity index (χ4v) is 8.26. The molecule has 0 unspecified atom stereocenters. The van der Waals surface area contributed by atoms with Crippen LogP contribution in [-0.4, -0.2) is 4.57 Å². The summed E-state index contributed by atoms with van der Waals surface area (Å²) in [6.07, 6.45) is 0. The Hall–Kier alpha value is -5.16. The van der Waals surface area contributed by atoms with Crippen LogP contribution in [0.25, 0.3) is 58.8 Å². The zero-order chi connectivity index (χ0) is 30.6. The third-order valence-corrected chi connectivity index (χ3v) is 10.6. The molecule has 0 N–H and O–H groups in total. The zero-order valence-corrected chi connectivity index (χ0v) is 27.2. The molecule has 218 valence electrons. The Kier molecular flexibility index (Phi) is 6.51. The molecule has 9 rings (SSSR count). The van der Waals surface area contributed by atoms with Gasteiger partial charge in [-0.1, -0.05) is 101 Å². The van der Waals surface area contributed by atoms with Gasteiger partial charge < -0.3 is 9.47 Å². The first kappa shape index (κ1) is 27.2. The van der Waals surface area contributed by atoms with Crippen LogP contribution in [0.1, 0.15) is 0 Å². The van der Waals surface area contributed by atoms with E-state index in [0.29, 0.717) is 0 Å². The van der Waals surface area contributed by atoms with Crippen LogP contribution in [0.4, 0.5) is 17.1 Å². The summed E-state index contributed by atoms with van der Waals surface area (Å²) in [7, 11) is 0. The second-order valence-electron chi connectivity index (χ2n) is 11.5. The van der Waals surface area contributed by atoms with Crippen molar-refractivity contribution in [3.8, 4) is 16.8 Å². The SMILES string of the molecule is Brc1ccc(-c2ccc(N(c3ccccc3)c3ccc4c(c3)c3c5sc6ccccc6c5ccc3n4-c3ccccc3)cc2)cc1. The number of thiophene rings is 1. The van der Waals surface area contributed by atoms with E-state index < -0.39 is 0 Å². The third kappa shape index (κ3) is 4.45. The van der Waals surface area contributed by atoms with Crippen molar-refractivity contribution in [2.45, 2.75) is 0 Å². The summed E-state index contributed by atoms with van der Waals surface area (Å²) < 4.78 is 6.15. The average molecular weight is 672 g/mol. The first-order valence-corrected chi connectivity index (χ1v) is 17.0. The Morgan fingerprint density at radius 1 is 0.478 bits per heavy atom. The molecule has 0 radical (unpaired) electrons. The monoisotopic (exact) mass is 670 g/mol. The molecule has 4 heteroatoms. The molecule has 46 heavy (non-hydrogen) atoms. The molecule has 2 nitrogen and oxygen atoms in total. The summed E-state index contributed by atoms with van der Waals surface area (Å²) >= 11 is 5.45. The molecule has 0 aliphatic rings. The number of hydrogen-bond donors (Lipinski definition) is 0. The normalized spacial score (nSPS) is 11.6. The van der Waals surface area contributed by atoms with Crippen molar-refractivity contribution in [3.05, 3.63) is 168 Å². The van der Waals surface area contributed by atoms with Crippen molar-refractivity contribution in [2.75, 3.05) is 4.90 Å². The van der Waals surface area contributed by atoms with Gasteiger partial charge in [-0.3, -0.25) is 0 Å². The minimum Gasteiger partial charge on any atom is -0.310 e.